The van der Waals surface area contributed by atoms with E-state index in [1.165, 1.54) is 49.1 Å². The van der Waals surface area contributed by atoms with E-state index in [-0.39, 0.29) is 0 Å². The van der Waals surface area contributed by atoms with Crippen LogP contribution in [0.15, 0.2) is 0 Å². The van der Waals surface area contributed by atoms with Crippen LogP contribution in [0, 0.1) is 5.92 Å². The number of nitrogens with zero attached hydrogens (tertiary/aromatic N) is 2. The van der Waals surface area contributed by atoms with Crippen LogP contribution in [0.2, 0.25) is 0 Å². The highest BCUT2D eigenvalue weighted by Gasteiger charge is 2.19. The lowest BCUT2D eigenvalue weighted by molar-refractivity contribution is 0.304. The van der Waals surface area contributed by atoms with E-state index < -0.39 is 0 Å². The van der Waals surface area contributed by atoms with Gasteiger partial charge in [0.1, 0.15) is 0 Å². The number of hydrogen-bond acceptors (Lipinski definition) is 2. The second-order valence-corrected chi connectivity index (χ2v) is 6.05. The van der Waals surface area contributed by atoms with Crippen molar-refractivity contribution >= 4 is 0 Å². The van der Waals surface area contributed by atoms with Crippen molar-refractivity contribution in [2.24, 2.45) is 5.92 Å². The van der Waals surface area contributed by atoms with Gasteiger partial charge in [-0.1, -0.05) is 40.0 Å². The molecule has 1 saturated carbocycles. The highest BCUT2D eigenvalue weighted by atomic mass is 15.3. The zero-order valence-electron chi connectivity index (χ0n) is 13.5. The molecule has 0 amide bonds. The Kier molecular flexibility index (Phi) is 6.08. The number of aromatic nitrogens is 2. The molecular weight excluding hydrogens is 246 g/mol. The molecule has 1 fully saturated rings. The fourth-order valence-electron chi connectivity index (χ4n) is 3.49. The first-order valence-electron chi connectivity index (χ1n) is 8.58. The van der Waals surface area contributed by atoms with E-state index >= 15 is 0 Å². The SMILES string of the molecule is CCNCc1c(CC)nn(CC2CCCCC2)c1CC. The van der Waals surface area contributed by atoms with Crippen molar-refractivity contribution < 1.29 is 0 Å². The predicted molar refractivity (Wildman–Crippen MR) is 84.9 cm³/mol. The Morgan fingerprint density at radius 3 is 2.45 bits per heavy atom. The maximum Gasteiger partial charge on any atom is 0.0669 e. The van der Waals surface area contributed by atoms with Crippen LogP contribution >= 0.6 is 0 Å². The summed E-state index contributed by atoms with van der Waals surface area (Å²) >= 11 is 0. The van der Waals surface area contributed by atoms with Crippen molar-refractivity contribution in [2.45, 2.75) is 78.8 Å². The van der Waals surface area contributed by atoms with Gasteiger partial charge in [0.2, 0.25) is 0 Å². The van der Waals surface area contributed by atoms with Gasteiger partial charge in [-0.05, 0) is 38.1 Å². The van der Waals surface area contributed by atoms with Crippen molar-refractivity contribution in [3.63, 3.8) is 0 Å². The molecule has 1 aliphatic rings. The Morgan fingerprint density at radius 2 is 1.85 bits per heavy atom. The molecule has 0 radical (unpaired) electrons. The molecule has 1 N–H and O–H groups in total. The molecule has 0 bridgehead atoms. The van der Waals surface area contributed by atoms with E-state index in [0.717, 1.165) is 38.4 Å². The molecule has 0 aromatic carbocycles. The first kappa shape index (κ1) is 15.6. The lowest BCUT2D eigenvalue weighted by atomic mass is 9.89. The Morgan fingerprint density at radius 1 is 1.10 bits per heavy atom. The Hall–Kier alpha value is -0.830. The summed E-state index contributed by atoms with van der Waals surface area (Å²) in [5.74, 6) is 0.852. The van der Waals surface area contributed by atoms with Gasteiger partial charge in [0, 0.05) is 24.3 Å². The van der Waals surface area contributed by atoms with Crippen LogP contribution in [0.5, 0.6) is 0 Å². The molecule has 0 aliphatic heterocycles. The minimum absolute atomic E-state index is 0.852. The van der Waals surface area contributed by atoms with E-state index in [1.54, 1.807) is 0 Å². The van der Waals surface area contributed by atoms with E-state index in [4.69, 9.17) is 5.10 Å². The van der Waals surface area contributed by atoms with Crippen molar-refractivity contribution in [1.29, 1.82) is 0 Å². The second-order valence-electron chi connectivity index (χ2n) is 6.05. The van der Waals surface area contributed by atoms with Gasteiger partial charge in [0.05, 0.1) is 5.69 Å². The van der Waals surface area contributed by atoms with Crippen LogP contribution < -0.4 is 5.32 Å². The fourth-order valence-corrected chi connectivity index (χ4v) is 3.49. The van der Waals surface area contributed by atoms with Crippen LogP contribution in [-0.2, 0) is 25.9 Å². The molecule has 1 aromatic rings. The van der Waals surface area contributed by atoms with Crippen molar-refractivity contribution in [1.82, 2.24) is 15.1 Å². The van der Waals surface area contributed by atoms with Gasteiger partial charge in [0.25, 0.3) is 0 Å². The van der Waals surface area contributed by atoms with Gasteiger partial charge in [0.15, 0.2) is 0 Å². The minimum Gasteiger partial charge on any atom is -0.313 e. The summed E-state index contributed by atoms with van der Waals surface area (Å²) in [6.45, 7) is 9.81. The van der Waals surface area contributed by atoms with E-state index in [9.17, 15) is 0 Å². The van der Waals surface area contributed by atoms with Gasteiger partial charge in [-0.3, -0.25) is 4.68 Å². The molecule has 1 aromatic heterocycles. The van der Waals surface area contributed by atoms with Crippen molar-refractivity contribution in [3.8, 4) is 0 Å². The zero-order valence-corrected chi connectivity index (χ0v) is 13.5. The molecule has 1 heterocycles. The summed E-state index contributed by atoms with van der Waals surface area (Å²) in [6.07, 6.45) is 9.20. The predicted octanol–water partition coefficient (Wildman–Crippen LogP) is 3.70. The average Bonchev–Trinajstić information content (AvgIpc) is 2.82. The van der Waals surface area contributed by atoms with Gasteiger partial charge < -0.3 is 5.32 Å². The van der Waals surface area contributed by atoms with E-state index in [0.29, 0.717) is 0 Å². The van der Waals surface area contributed by atoms with Gasteiger partial charge in [-0.2, -0.15) is 5.10 Å². The smallest absolute Gasteiger partial charge is 0.0669 e. The Bertz CT molecular complexity index is 403. The topological polar surface area (TPSA) is 29.9 Å². The standard InChI is InChI=1S/C17H31N3/c1-4-16-15(12-18-6-3)17(5-2)20(19-16)13-14-10-8-7-9-11-14/h14,18H,4-13H2,1-3H3. The van der Waals surface area contributed by atoms with Crippen LogP contribution in [0.1, 0.15) is 69.8 Å². The summed E-state index contributed by atoms with van der Waals surface area (Å²) in [5, 5.41) is 8.40. The Balaban J connectivity index is 2.15. The Labute approximate surface area is 124 Å². The molecule has 0 atom stereocenters. The van der Waals surface area contributed by atoms with E-state index in [1.807, 2.05) is 0 Å². The van der Waals surface area contributed by atoms with Gasteiger partial charge in [-0.15, -0.1) is 0 Å². The monoisotopic (exact) mass is 277 g/mol. The highest BCUT2D eigenvalue weighted by molar-refractivity contribution is 5.26. The number of hydrogen-bond donors (Lipinski definition) is 1. The minimum atomic E-state index is 0.852. The zero-order chi connectivity index (χ0) is 14.4. The third kappa shape index (κ3) is 3.63. The summed E-state index contributed by atoms with van der Waals surface area (Å²) in [7, 11) is 0. The van der Waals surface area contributed by atoms with Crippen LogP contribution in [0.4, 0.5) is 0 Å². The quantitative estimate of drug-likeness (QED) is 0.823. The summed E-state index contributed by atoms with van der Waals surface area (Å²) < 4.78 is 2.33. The summed E-state index contributed by atoms with van der Waals surface area (Å²) in [5.41, 5.74) is 4.24. The normalized spacial score (nSPS) is 16.8. The lowest BCUT2D eigenvalue weighted by Crippen LogP contribution is -2.18. The fraction of sp³-hybridized carbons (Fsp3) is 0.824. The number of aryl methyl sites for hydroxylation is 1. The number of rotatable bonds is 7. The lowest BCUT2D eigenvalue weighted by Gasteiger charge is -2.22. The summed E-state index contributed by atoms with van der Waals surface area (Å²) in [4.78, 5) is 0. The number of nitrogens with one attached hydrogen (secondary N) is 1. The first-order chi connectivity index (χ1) is 9.80. The van der Waals surface area contributed by atoms with Crippen molar-refractivity contribution in [3.05, 3.63) is 17.0 Å². The van der Waals surface area contributed by atoms with Crippen LogP contribution in [0.25, 0.3) is 0 Å². The molecule has 114 valence electrons. The third-order valence-corrected chi connectivity index (χ3v) is 4.63. The molecule has 1 aliphatic carbocycles. The maximum atomic E-state index is 4.92. The molecular formula is C17H31N3. The van der Waals surface area contributed by atoms with Crippen molar-refractivity contribution in [2.75, 3.05) is 6.54 Å². The van der Waals surface area contributed by atoms with Gasteiger partial charge in [-0.25, -0.2) is 0 Å². The molecule has 0 spiro atoms. The third-order valence-electron chi connectivity index (χ3n) is 4.63. The molecule has 0 saturated heterocycles. The summed E-state index contributed by atoms with van der Waals surface area (Å²) in [6, 6.07) is 0. The van der Waals surface area contributed by atoms with Crippen LogP contribution in [-0.4, -0.2) is 16.3 Å². The first-order valence-corrected chi connectivity index (χ1v) is 8.58. The second kappa shape index (κ2) is 7.82. The van der Waals surface area contributed by atoms with Crippen LogP contribution in [0.3, 0.4) is 0 Å². The maximum absolute atomic E-state index is 4.92. The molecule has 2 rings (SSSR count). The largest absolute Gasteiger partial charge is 0.313 e. The molecule has 20 heavy (non-hydrogen) atoms. The molecule has 3 nitrogen and oxygen atoms in total. The highest BCUT2D eigenvalue weighted by Crippen LogP contribution is 2.26. The molecule has 3 heteroatoms. The van der Waals surface area contributed by atoms with E-state index in [2.05, 4.69) is 30.8 Å². The van der Waals surface area contributed by atoms with Gasteiger partial charge >= 0.3 is 0 Å². The average molecular weight is 277 g/mol. The molecule has 0 unspecified atom stereocenters.